The van der Waals surface area contributed by atoms with Crippen molar-refractivity contribution >= 4 is 21.5 Å². The Labute approximate surface area is 186 Å². The van der Waals surface area contributed by atoms with E-state index in [4.69, 9.17) is 0 Å². The molecule has 0 saturated carbocycles. The second-order valence-corrected chi connectivity index (χ2v) is 9.53. The first kappa shape index (κ1) is 23.3. The van der Waals surface area contributed by atoms with Crippen LogP contribution in [0.2, 0.25) is 0 Å². The van der Waals surface area contributed by atoms with Crippen LogP contribution in [0, 0.1) is 5.92 Å². The van der Waals surface area contributed by atoms with Gasteiger partial charge in [-0.05, 0) is 17.7 Å². The largest absolute Gasteiger partial charge is 0.396 e. The van der Waals surface area contributed by atoms with Crippen LogP contribution in [0.15, 0.2) is 41.8 Å². The Morgan fingerprint density at radius 1 is 1.27 bits per heavy atom. The third-order valence-electron chi connectivity index (χ3n) is 5.43. The molecule has 3 aromatic rings. The second-order valence-electron chi connectivity index (χ2n) is 7.62. The molecule has 1 fully saturated rings. The number of sulfonamides is 1. The number of nitrogens with zero attached hydrogens (tertiary/aromatic N) is 5. The Bertz CT molecular complexity index is 1250. The molecule has 0 aromatic carbocycles. The van der Waals surface area contributed by atoms with Gasteiger partial charge in [-0.1, -0.05) is 0 Å². The van der Waals surface area contributed by atoms with Crippen LogP contribution in [0.4, 0.5) is 23.4 Å². The van der Waals surface area contributed by atoms with Gasteiger partial charge in [0.25, 0.3) is 12.3 Å². The third kappa shape index (κ3) is 4.63. The summed E-state index contributed by atoms with van der Waals surface area (Å²) in [6.45, 7) is -1.68. The highest BCUT2D eigenvalue weighted by atomic mass is 32.2. The first-order valence-corrected chi connectivity index (χ1v) is 11.3. The first-order valence-electron chi connectivity index (χ1n) is 9.91. The Kier molecular flexibility index (Phi) is 6.24. The molecule has 14 heteroatoms. The van der Waals surface area contributed by atoms with E-state index in [9.17, 15) is 31.1 Å². The number of rotatable bonds is 7. The molecule has 1 aliphatic rings. The maximum absolute atomic E-state index is 13.9. The molecule has 33 heavy (non-hydrogen) atoms. The van der Waals surface area contributed by atoms with Gasteiger partial charge < -0.3 is 10.4 Å². The maximum atomic E-state index is 13.9. The van der Waals surface area contributed by atoms with Gasteiger partial charge in [-0.3, -0.25) is 4.98 Å². The summed E-state index contributed by atoms with van der Waals surface area (Å²) in [7, 11) is -4.22. The zero-order valence-electron chi connectivity index (χ0n) is 17.1. The number of aliphatic hydroxyl groups is 1. The number of aromatic nitrogens is 4. The van der Waals surface area contributed by atoms with Gasteiger partial charge in [-0.2, -0.15) is 9.40 Å². The molecule has 4 rings (SSSR count). The van der Waals surface area contributed by atoms with Gasteiger partial charge in [-0.25, -0.2) is 35.5 Å². The smallest absolute Gasteiger partial charge is 0.265 e. The van der Waals surface area contributed by atoms with E-state index in [0.717, 1.165) is 16.7 Å². The topological polar surface area (TPSA) is 113 Å². The number of aliphatic hydroxyl groups excluding tert-OH is 1. The number of pyridine rings is 1. The van der Waals surface area contributed by atoms with E-state index in [0.29, 0.717) is 5.56 Å². The number of hydrogen-bond acceptors (Lipinski definition) is 7. The first-order chi connectivity index (χ1) is 15.6. The average Bonchev–Trinajstić information content (AvgIpc) is 3.21. The molecule has 0 radical (unpaired) electrons. The van der Waals surface area contributed by atoms with Crippen molar-refractivity contribution < 1.29 is 31.1 Å². The van der Waals surface area contributed by atoms with Crippen molar-refractivity contribution in [2.45, 2.75) is 30.2 Å². The van der Waals surface area contributed by atoms with E-state index in [1.807, 2.05) is 0 Å². The van der Waals surface area contributed by atoms with Gasteiger partial charge in [-0.15, -0.1) is 0 Å². The molecule has 1 aliphatic heterocycles. The summed E-state index contributed by atoms with van der Waals surface area (Å²) in [5.41, 5.74) is 0.215. The van der Waals surface area contributed by atoms with Crippen LogP contribution in [0.5, 0.6) is 0 Å². The van der Waals surface area contributed by atoms with Gasteiger partial charge in [0.15, 0.2) is 5.65 Å². The van der Waals surface area contributed by atoms with E-state index in [1.165, 1.54) is 29.0 Å². The number of halogens is 4. The van der Waals surface area contributed by atoms with Crippen molar-refractivity contribution in [1.82, 2.24) is 23.9 Å². The van der Waals surface area contributed by atoms with Crippen molar-refractivity contribution in [2.75, 3.05) is 25.0 Å². The fourth-order valence-electron chi connectivity index (χ4n) is 3.54. The van der Waals surface area contributed by atoms with Crippen molar-refractivity contribution in [2.24, 2.45) is 5.92 Å². The second kappa shape index (κ2) is 8.83. The fraction of sp³-hybridized carbons (Fsp3) is 0.421. The summed E-state index contributed by atoms with van der Waals surface area (Å²) >= 11 is 0. The fourth-order valence-corrected chi connectivity index (χ4v) is 5.08. The molecule has 1 atom stereocenters. The molecule has 0 bridgehead atoms. The molecule has 1 unspecified atom stereocenters. The number of anilines is 1. The lowest BCUT2D eigenvalue weighted by molar-refractivity contribution is -0.107. The summed E-state index contributed by atoms with van der Waals surface area (Å²) < 4.78 is 81.9. The van der Waals surface area contributed by atoms with Crippen LogP contribution >= 0.6 is 0 Å². The monoisotopic (exact) mass is 488 g/mol. The van der Waals surface area contributed by atoms with E-state index < -0.39 is 54.4 Å². The zero-order valence-corrected chi connectivity index (χ0v) is 17.9. The number of alkyl halides is 4. The standard InChI is InChI=1S/C19H20F4N6O3S/c20-17(21)13-5-12(6-24-8-13)7-25-16-1-3-29-18(27-16)15(9-26-29)33(31,32)28-4-2-19(22,23)14(10-28)11-30/h1,3,5-6,8-9,14,17,30H,2,4,7,10-11H2,(H,25,27). The molecule has 0 aliphatic carbocycles. The predicted molar refractivity (Wildman–Crippen MR) is 108 cm³/mol. The van der Waals surface area contributed by atoms with Gasteiger partial charge >= 0.3 is 0 Å². The number of hydrogen-bond donors (Lipinski definition) is 2. The quantitative estimate of drug-likeness (QED) is 0.491. The van der Waals surface area contributed by atoms with Crippen molar-refractivity contribution in [3.8, 4) is 0 Å². The van der Waals surface area contributed by atoms with Gasteiger partial charge in [0.1, 0.15) is 10.7 Å². The Balaban J connectivity index is 1.57. The van der Waals surface area contributed by atoms with Crippen LogP contribution in [0.1, 0.15) is 24.0 Å². The van der Waals surface area contributed by atoms with Gasteiger partial charge in [0.2, 0.25) is 10.0 Å². The molecule has 0 amide bonds. The minimum atomic E-state index is -4.22. The molecular formula is C19H20F4N6O3S. The van der Waals surface area contributed by atoms with E-state index in [2.05, 4.69) is 20.4 Å². The number of fused-ring (bicyclic) bond motifs is 1. The van der Waals surface area contributed by atoms with Gasteiger partial charge in [0, 0.05) is 50.2 Å². The number of piperidine rings is 1. The summed E-state index contributed by atoms with van der Waals surface area (Å²) in [6, 6.07) is 2.81. The van der Waals surface area contributed by atoms with Crippen LogP contribution in [-0.4, -0.2) is 63.0 Å². The highest BCUT2D eigenvalue weighted by Gasteiger charge is 2.47. The molecule has 9 nitrogen and oxygen atoms in total. The average molecular weight is 488 g/mol. The van der Waals surface area contributed by atoms with Crippen LogP contribution < -0.4 is 5.32 Å². The minimum absolute atomic E-state index is 0.0302. The third-order valence-corrected chi connectivity index (χ3v) is 7.29. The van der Waals surface area contributed by atoms with Crippen molar-refractivity contribution in [3.05, 3.63) is 48.0 Å². The van der Waals surface area contributed by atoms with Crippen molar-refractivity contribution in [3.63, 3.8) is 0 Å². The number of nitrogens with one attached hydrogen (secondary N) is 1. The lowest BCUT2D eigenvalue weighted by Crippen LogP contribution is -2.50. The maximum Gasteiger partial charge on any atom is 0.265 e. The SMILES string of the molecule is O=S(=O)(c1cnn2ccc(NCc3cncc(C(F)F)c3)nc12)N1CCC(F)(F)C(CO)C1. The lowest BCUT2D eigenvalue weighted by atomic mass is 9.96. The van der Waals surface area contributed by atoms with E-state index in [-0.39, 0.29) is 28.5 Å². The molecular weight excluding hydrogens is 468 g/mol. The van der Waals surface area contributed by atoms with Crippen LogP contribution in [0.25, 0.3) is 5.65 Å². The van der Waals surface area contributed by atoms with Crippen LogP contribution in [0.3, 0.4) is 0 Å². The Morgan fingerprint density at radius 3 is 2.79 bits per heavy atom. The highest BCUT2D eigenvalue weighted by molar-refractivity contribution is 7.89. The van der Waals surface area contributed by atoms with Crippen molar-refractivity contribution in [1.29, 1.82) is 0 Å². The minimum Gasteiger partial charge on any atom is -0.396 e. The lowest BCUT2D eigenvalue weighted by Gasteiger charge is -2.36. The summed E-state index contributed by atoms with van der Waals surface area (Å²) in [4.78, 5) is 7.76. The zero-order chi connectivity index (χ0) is 23.8. The molecule has 3 aromatic heterocycles. The summed E-state index contributed by atoms with van der Waals surface area (Å²) in [5.74, 6) is -4.42. The Hall–Kier alpha value is -2.84. The molecule has 2 N–H and O–H groups in total. The molecule has 4 heterocycles. The molecule has 178 valence electrons. The normalized spacial score (nSPS) is 19.3. The molecule has 0 spiro atoms. The van der Waals surface area contributed by atoms with E-state index >= 15 is 0 Å². The summed E-state index contributed by atoms with van der Waals surface area (Å²) in [5, 5.41) is 16.1. The van der Waals surface area contributed by atoms with Crippen LogP contribution in [-0.2, 0) is 16.6 Å². The highest BCUT2D eigenvalue weighted by Crippen LogP contribution is 2.35. The predicted octanol–water partition coefficient (Wildman–Crippen LogP) is 2.31. The Morgan fingerprint density at radius 2 is 2.06 bits per heavy atom. The molecule has 1 saturated heterocycles. The summed E-state index contributed by atoms with van der Waals surface area (Å²) in [6.07, 6.45) is 1.65. The van der Waals surface area contributed by atoms with Gasteiger partial charge in [0.05, 0.1) is 18.7 Å². The van der Waals surface area contributed by atoms with E-state index in [1.54, 1.807) is 0 Å².